The molecule has 2 N–H and O–H groups in total. The molecule has 0 atom stereocenters. The van der Waals surface area contributed by atoms with Gasteiger partial charge in [0.15, 0.2) is 11.5 Å². The lowest BCUT2D eigenvalue weighted by Gasteiger charge is -2.04. The number of benzene rings is 1. The second-order valence-corrected chi connectivity index (χ2v) is 4.50. The summed E-state index contributed by atoms with van der Waals surface area (Å²) in [5.74, 6) is 2.74. The Balaban J connectivity index is 2.29. The maximum atomic E-state index is 5.77. The molecule has 3 rings (SSSR count). The van der Waals surface area contributed by atoms with Gasteiger partial charge in [-0.15, -0.1) is 0 Å². The zero-order chi connectivity index (χ0) is 12.0. The van der Waals surface area contributed by atoms with Crippen molar-refractivity contribution < 1.29 is 13.9 Å². The van der Waals surface area contributed by atoms with Gasteiger partial charge in [-0.25, -0.2) is 0 Å². The van der Waals surface area contributed by atoms with Crippen molar-refractivity contribution in [3.05, 3.63) is 23.5 Å². The number of nitrogens with two attached hydrogens (primary N) is 1. The number of furan rings is 1. The SMILES string of the molecule is CC(C)c1c(CN)oc2cc3c(cc12)OCO3. The van der Waals surface area contributed by atoms with Crippen LogP contribution >= 0.6 is 0 Å². The van der Waals surface area contributed by atoms with Gasteiger partial charge in [0.2, 0.25) is 6.79 Å². The van der Waals surface area contributed by atoms with Crippen molar-refractivity contribution in [3.63, 3.8) is 0 Å². The van der Waals surface area contributed by atoms with Crippen LogP contribution in [0, 0.1) is 0 Å². The number of ether oxygens (including phenoxy) is 2. The quantitative estimate of drug-likeness (QED) is 0.866. The smallest absolute Gasteiger partial charge is 0.231 e. The van der Waals surface area contributed by atoms with Crippen molar-refractivity contribution in [2.75, 3.05) is 6.79 Å². The first-order chi connectivity index (χ1) is 8.20. The van der Waals surface area contributed by atoms with Crippen molar-refractivity contribution >= 4 is 11.0 Å². The van der Waals surface area contributed by atoms with E-state index in [9.17, 15) is 0 Å². The van der Waals surface area contributed by atoms with Crippen LogP contribution in [0.2, 0.25) is 0 Å². The zero-order valence-electron chi connectivity index (χ0n) is 9.95. The molecule has 0 aliphatic carbocycles. The average Bonchev–Trinajstić information content (AvgIpc) is 2.87. The molecule has 4 nitrogen and oxygen atoms in total. The number of rotatable bonds is 2. The Bertz CT molecular complexity index is 572. The fraction of sp³-hybridized carbons (Fsp3) is 0.385. The predicted molar refractivity (Wildman–Crippen MR) is 64.3 cm³/mol. The highest BCUT2D eigenvalue weighted by Gasteiger charge is 2.21. The van der Waals surface area contributed by atoms with Crippen LogP contribution in [0.1, 0.15) is 31.1 Å². The molecule has 0 saturated carbocycles. The van der Waals surface area contributed by atoms with Crippen molar-refractivity contribution in [2.24, 2.45) is 5.73 Å². The van der Waals surface area contributed by atoms with E-state index >= 15 is 0 Å². The van der Waals surface area contributed by atoms with Crippen molar-refractivity contribution in [3.8, 4) is 11.5 Å². The molecule has 0 saturated heterocycles. The van der Waals surface area contributed by atoms with Gasteiger partial charge in [0, 0.05) is 17.0 Å². The van der Waals surface area contributed by atoms with Gasteiger partial charge in [-0.05, 0) is 12.0 Å². The lowest BCUT2D eigenvalue weighted by atomic mass is 9.99. The van der Waals surface area contributed by atoms with Crippen molar-refractivity contribution in [1.82, 2.24) is 0 Å². The Morgan fingerprint density at radius 2 is 1.94 bits per heavy atom. The van der Waals surface area contributed by atoms with E-state index in [1.165, 1.54) is 5.56 Å². The Morgan fingerprint density at radius 3 is 2.59 bits per heavy atom. The number of hydrogen-bond donors (Lipinski definition) is 1. The van der Waals surface area contributed by atoms with Crippen LogP contribution in [0.3, 0.4) is 0 Å². The molecule has 2 heterocycles. The molecule has 1 aromatic heterocycles. The molecule has 2 aromatic rings. The van der Waals surface area contributed by atoms with Crippen molar-refractivity contribution in [2.45, 2.75) is 26.3 Å². The average molecular weight is 233 g/mol. The van der Waals surface area contributed by atoms with Crippen LogP contribution in [-0.4, -0.2) is 6.79 Å². The van der Waals surface area contributed by atoms with Crippen LogP contribution in [0.25, 0.3) is 11.0 Å². The number of hydrogen-bond acceptors (Lipinski definition) is 4. The van der Waals surface area contributed by atoms with Gasteiger partial charge < -0.3 is 19.6 Å². The minimum Gasteiger partial charge on any atom is -0.459 e. The highest BCUT2D eigenvalue weighted by Crippen LogP contribution is 2.40. The van der Waals surface area contributed by atoms with E-state index in [1.54, 1.807) is 0 Å². The Kier molecular flexibility index (Phi) is 2.26. The Morgan fingerprint density at radius 1 is 1.24 bits per heavy atom. The van der Waals surface area contributed by atoms with Gasteiger partial charge >= 0.3 is 0 Å². The first-order valence-corrected chi connectivity index (χ1v) is 5.75. The summed E-state index contributed by atoms with van der Waals surface area (Å²) in [6, 6.07) is 3.86. The largest absolute Gasteiger partial charge is 0.459 e. The van der Waals surface area contributed by atoms with Crippen LogP contribution < -0.4 is 15.2 Å². The molecular formula is C13H15NO3. The molecule has 0 amide bonds. The summed E-state index contributed by atoms with van der Waals surface area (Å²) in [7, 11) is 0. The van der Waals surface area contributed by atoms with Gasteiger partial charge in [0.1, 0.15) is 11.3 Å². The molecular weight excluding hydrogens is 218 g/mol. The Labute approximate surface area is 99.3 Å². The fourth-order valence-corrected chi connectivity index (χ4v) is 2.34. The van der Waals surface area contributed by atoms with E-state index in [1.807, 2.05) is 12.1 Å². The molecule has 0 radical (unpaired) electrons. The summed E-state index contributed by atoms with van der Waals surface area (Å²) in [6.45, 7) is 4.96. The molecule has 4 heteroatoms. The summed E-state index contributed by atoms with van der Waals surface area (Å²) in [6.07, 6.45) is 0. The lowest BCUT2D eigenvalue weighted by Crippen LogP contribution is -1.99. The van der Waals surface area contributed by atoms with Crippen LogP contribution in [0.5, 0.6) is 11.5 Å². The highest BCUT2D eigenvalue weighted by molar-refractivity contribution is 5.86. The van der Waals surface area contributed by atoms with Crippen LogP contribution in [0.4, 0.5) is 0 Å². The van der Waals surface area contributed by atoms with Crippen molar-refractivity contribution in [1.29, 1.82) is 0 Å². The van der Waals surface area contributed by atoms with E-state index in [4.69, 9.17) is 19.6 Å². The Hall–Kier alpha value is -1.68. The summed E-state index contributed by atoms with van der Waals surface area (Å²) < 4.78 is 16.5. The van der Waals surface area contributed by atoms with E-state index in [2.05, 4.69) is 13.8 Å². The summed E-state index contributed by atoms with van der Waals surface area (Å²) in [5, 5.41) is 1.07. The number of fused-ring (bicyclic) bond motifs is 2. The third-order valence-electron chi connectivity index (χ3n) is 3.06. The molecule has 0 unspecified atom stereocenters. The molecule has 90 valence electrons. The standard InChI is InChI=1S/C13H15NO3/c1-7(2)13-8-3-10-11(16-6-15-10)4-9(8)17-12(13)5-14/h3-4,7H,5-6,14H2,1-2H3. The lowest BCUT2D eigenvalue weighted by molar-refractivity contribution is 0.174. The zero-order valence-corrected chi connectivity index (χ0v) is 9.95. The topological polar surface area (TPSA) is 57.6 Å². The second-order valence-electron chi connectivity index (χ2n) is 4.50. The van der Waals surface area contributed by atoms with Crippen LogP contribution in [-0.2, 0) is 6.54 Å². The molecule has 0 fully saturated rings. The van der Waals surface area contributed by atoms with E-state index in [0.717, 1.165) is 28.2 Å². The van der Waals surface area contributed by atoms with E-state index in [0.29, 0.717) is 12.5 Å². The third kappa shape index (κ3) is 1.48. The summed E-state index contributed by atoms with van der Waals surface area (Å²) in [4.78, 5) is 0. The van der Waals surface area contributed by atoms with Gasteiger partial charge in [-0.1, -0.05) is 13.8 Å². The predicted octanol–water partition coefficient (Wildman–Crippen LogP) is 2.74. The molecule has 1 aliphatic rings. The first kappa shape index (κ1) is 10.5. The maximum absolute atomic E-state index is 5.77. The molecule has 1 aliphatic heterocycles. The van der Waals surface area contributed by atoms with E-state index in [-0.39, 0.29) is 6.79 Å². The highest BCUT2D eigenvalue weighted by atomic mass is 16.7. The van der Waals surface area contributed by atoms with E-state index < -0.39 is 0 Å². The van der Waals surface area contributed by atoms with Crippen LogP contribution in [0.15, 0.2) is 16.5 Å². The van der Waals surface area contributed by atoms with Gasteiger partial charge in [-0.2, -0.15) is 0 Å². The minimum absolute atomic E-state index is 0.280. The first-order valence-electron chi connectivity index (χ1n) is 5.75. The summed E-state index contributed by atoms with van der Waals surface area (Å²) >= 11 is 0. The minimum atomic E-state index is 0.280. The summed E-state index contributed by atoms with van der Waals surface area (Å²) in [5.41, 5.74) is 7.70. The fourth-order valence-electron chi connectivity index (χ4n) is 2.34. The van der Waals surface area contributed by atoms with Gasteiger partial charge in [0.25, 0.3) is 0 Å². The molecule has 0 spiro atoms. The third-order valence-corrected chi connectivity index (χ3v) is 3.06. The maximum Gasteiger partial charge on any atom is 0.231 e. The molecule has 0 bridgehead atoms. The van der Waals surface area contributed by atoms with Gasteiger partial charge in [-0.3, -0.25) is 0 Å². The monoisotopic (exact) mass is 233 g/mol. The molecule has 1 aromatic carbocycles. The van der Waals surface area contributed by atoms with Gasteiger partial charge in [0.05, 0.1) is 6.54 Å². The normalized spacial score (nSPS) is 13.9. The second kappa shape index (κ2) is 3.67. The molecule has 17 heavy (non-hydrogen) atoms.